The molecule has 19 heavy (non-hydrogen) atoms. The van der Waals surface area contributed by atoms with Crippen LogP contribution in [0.3, 0.4) is 0 Å². The van der Waals surface area contributed by atoms with E-state index in [4.69, 9.17) is 11.6 Å². The summed E-state index contributed by atoms with van der Waals surface area (Å²) in [7, 11) is 0. The van der Waals surface area contributed by atoms with Gasteiger partial charge in [0.2, 0.25) is 11.2 Å². The van der Waals surface area contributed by atoms with Crippen molar-refractivity contribution in [2.45, 2.75) is 19.8 Å². The molecular formula is C11H15ClN6O. The van der Waals surface area contributed by atoms with Crippen LogP contribution in [-0.4, -0.2) is 39.2 Å². The predicted molar refractivity (Wildman–Crippen MR) is 73.1 cm³/mol. The second-order valence-electron chi connectivity index (χ2n) is 4.00. The summed E-state index contributed by atoms with van der Waals surface area (Å²) in [6, 6.07) is 0. The molecule has 8 heteroatoms. The van der Waals surface area contributed by atoms with Crippen LogP contribution in [0.4, 0.5) is 5.82 Å². The summed E-state index contributed by atoms with van der Waals surface area (Å²) in [6.45, 7) is 3.18. The predicted octanol–water partition coefficient (Wildman–Crippen LogP) is 1.33. The maximum Gasteiger partial charge on any atom is 0.226 e. The highest BCUT2D eigenvalue weighted by molar-refractivity contribution is 6.28. The monoisotopic (exact) mass is 282 g/mol. The summed E-state index contributed by atoms with van der Waals surface area (Å²) in [5.74, 6) is 0.588. The SMILES string of the molecule is CCCNC(=O)CCNc1nc(Cl)nc2[nH]ncc12. The van der Waals surface area contributed by atoms with Crippen molar-refractivity contribution in [1.29, 1.82) is 0 Å². The van der Waals surface area contributed by atoms with Gasteiger partial charge in [0.05, 0.1) is 11.6 Å². The first-order valence-electron chi connectivity index (χ1n) is 6.08. The number of H-pyrrole nitrogens is 1. The summed E-state index contributed by atoms with van der Waals surface area (Å²) >= 11 is 5.80. The zero-order chi connectivity index (χ0) is 13.7. The van der Waals surface area contributed by atoms with E-state index >= 15 is 0 Å². The number of carbonyl (C=O) groups excluding carboxylic acids is 1. The Morgan fingerprint density at radius 2 is 2.26 bits per heavy atom. The summed E-state index contributed by atoms with van der Waals surface area (Å²) in [6.07, 6.45) is 2.92. The number of hydrogen-bond acceptors (Lipinski definition) is 5. The van der Waals surface area contributed by atoms with Crippen LogP contribution in [0.15, 0.2) is 6.20 Å². The largest absolute Gasteiger partial charge is 0.369 e. The highest BCUT2D eigenvalue weighted by Crippen LogP contribution is 2.19. The van der Waals surface area contributed by atoms with Crippen molar-refractivity contribution < 1.29 is 4.79 Å². The Balaban J connectivity index is 1.94. The van der Waals surface area contributed by atoms with Gasteiger partial charge in [0.15, 0.2) is 5.65 Å². The number of amides is 1. The zero-order valence-electron chi connectivity index (χ0n) is 10.5. The molecule has 0 atom stereocenters. The first-order chi connectivity index (χ1) is 9.20. The van der Waals surface area contributed by atoms with Crippen LogP contribution in [0.2, 0.25) is 5.28 Å². The Morgan fingerprint density at radius 3 is 3.05 bits per heavy atom. The Kier molecular flexibility index (Phi) is 4.51. The number of nitrogens with zero attached hydrogens (tertiary/aromatic N) is 3. The number of anilines is 1. The molecular weight excluding hydrogens is 268 g/mol. The molecule has 0 aliphatic rings. The average Bonchev–Trinajstić information content (AvgIpc) is 2.84. The Labute approximate surface area is 115 Å². The molecule has 2 aromatic rings. The number of aromatic nitrogens is 4. The molecule has 0 aromatic carbocycles. The van der Waals surface area contributed by atoms with Crippen molar-refractivity contribution in [3.8, 4) is 0 Å². The minimum atomic E-state index is 0.0120. The van der Waals surface area contributed by atoms with Crippen molar-refractivity contribution in [2.24, 2.45) is 0 Å². The lowest BCUT2D eigenvalue weighted by molar-refractivity contribution is -0.120. The minimum absolute atomic E-state index is 0.0120. The van der Waals surface area contributed by atoms with Gasteiger partial charge in [-0.25, -0.2) is 0 Å². The lowest BCUT2D eigenvalue weighted by Crippen LogP contribution is -2.26. The second-order valence-corrected chi connectivity index (χ2v) is 4.34. The number of fused-ring (bicyclic) bond motifs is 1. The van der Waals surface area contributed by atoms with Crippen molar-refractivity contribution in [1.82, 2.24) is 25.5 Å². The van der Waals surface area contributed by atoms with Gasteiger partial charge in [-0.2, -0.15) is 15.1 Å². The van der Waals surface area contributed by atoms with Crippen LogP contribution in [0, 0.1) is 0 Å². The molecule has 0 radical (unpaired) electrons. The molecule has 1 amide bonds. The molecule has 7 nitrogen and oxygen atoms in total. The molecule has 0 spiro atoms. The van der Waals surface area contributed by atoms with Gasteiger partial charge in [-0.15, -0.1) is 0 Å². The molecule has 2 aromatic heterocycles. The van der Waals surface area contributed by atoms with Crippen LogP contribution in [0.25, 0.3) is 11.0 Å². The number of carbonyl (C=O) groups is 1. The van der Waals surface area contributed by atoms with Crippen molar-refractivity contribution >= 4 is 34.4 Å². The van der Waals surface area contributed by atoms with E-state index in [0.29, 0.717) is 31.0 Å². The standard InChI is InChI=1S/C11H15ClN6O/c1-2-4-13-8(19)3-5-14-9-7-6-15-18-10(7)17-11(12)16-9/h6H,2-5H2,1H3,(H,13,19)(H2,14,15,16,17,18). The highest BCUT2D eigenvalue weighted by Gasteiger charge is 2.08. The number of rotatable bonds is 6. The number of aromatic amines is 1. The Morgan fingerprint density at radius 1 is 1.42 bits per heavy atom. The smallest absolute Gasteiger partial charge is 0.226 e. The molecule has 0 aliphatic heterocycles. The fourth-order valence-corrected chi connectivity index (χ4v) is 1.76. The second kappa shape index (κ2) is 6.33. The highest BCUT2D eigenvalue weighted by atomic mass is 35.5. The molecule has 3 N–H and O–H groups in total. The fraction of sp³-hybridized carbons (Fsp3) is 0.455. The third kappa shape index (κ3) is 3.54. The number of halogens is 1. The fourth-order valence-electron chi connectivity index (χ4n) is 1.59. The van der Waals surface area contributed by atoms with Gasteiger partial charge in [-0.05, 0) is 18.0 Å². The normalized spacial score (nSPS) is 10.6. The van der Waals surface area contributed by atoms with Gasteiger partial charge < -0.3 is 10.6 Å². The van der Waals surface area contributed by atoms with Crippen molar-refractivity contribution in [2.75, 3.05) is 18.4 Å². The molecule has 0 bridgehead atoms. The number of nitrogens with one attached hydrogen (secondary N) is 3. The zero-order valence-corrected chi connectivity index (χ0v) is 11.3. The van der Waals surface area contributed by atoms with E-state index in [1.807, 2.05) is 6.92 Å². The maximum atomic E-state index is 11.4. The van der Waals surface area contributed by atoms with Crippen LogP contribution in [0.5, 0.6) is 0 Å². The summed E-state index contributed by atoms with van der Waals surface area (Å²) in [5.41, 5.74) is 0.568. The van der Waals surface area contributed by atoms with Gasteiger partial charge in [0, 0.05) is 19.5 Å². The molecule has 2 rings (SSSR count). The maximum absolute atomic E-state index is 11.4. The van der Waals surface area contributed by atoms with Crippen LogP contribution < -0.4 is 10.6 Å². The van der Waals surface area contributed by atoms with E-state index in [0.717, 1.165) is 11.8 Å². The van der Waals surface area contributed by atoms with Gasteiger partial charge in [0.1, 0.15) is 5.82 Å². The molecule has 0 unspecified atom stereocenters. The quantitative estimate of drug-likeness (QED) is 0.695. The van der Waals surface area contributed by atoms with Crippen LogP contribution in [-0.2, 0) is 4.79 Å². The topological polar surface area (TPSA) is 95.6 Å². The summed E-state index contributed by atoms with van der Waals surface area (Å²) in [4.78, 5) is 19.5. The van der Waals surface area contributed by atoms with Crippen molar-refractivity contribution in [3.05, 3.63) is 11.5 Å². The molecule has 0 fully saturated rings. The third-order valence-electron chi connectivity index (χ3n) is 2.50. The van der Waals surface area contributed by atoms with E-state index in [1.165, 1.54) is 0 Å². The minimum Gasteiger partial charge on any atom is -0.369 e. The number of hydrogen-bond donors (Lipinski definition) is 3. The van der Waals surface area contributed by atoms with E-state index in [2.05, 4.69) is 30.8 Å². The lowest BCUT2D eigenvalue weighted by atomic mass is 10.3. The lowest BCUT2D eigenvalue weighted by Gasteiger charge is -2.07. The molecule has 102 valence electrons. The van der Waals surface area contributed by atoms with Gasteiger partial charge >= 0.3 is 0 Å². The van der Waals surface area contributed by atoms with Gasteiger partial charge in [-0.3, -0.25) is 9.89 Å². The van der Waals surface area contributed by atoms with E-state index < -0.39 is 0 Å². The van der Waals surface area contributed by atoms with E-state index in [-0.39, 0.29) is 11.2 Å². The molecule has 0 aliphatic carbocycles. The first kappa shape index (κ1) is 13.5. The molecule has 0 saturated carbocycles. The van der Waals surface area contributed by atoms with Crippen LogP contribution >= 0.6 is 11.6 Å². The van der Waals surface area contributed by atoms with Gasteiger partial charge in [-0.1, -0.05) is 6.92 Å². The van der Waals surface area contributed by atoms with E-state index in [9.17, 15) is 4.79 Å². The van der Waals surface area contributed by atoms with E-state index in [1.54, 1.807) is 6.20 Å². The summed E-state index contributed by atoms with van der Waals surface area (Å²) < 4.78 is 0. The molecule has 2 heterocycles. The summed E-state index contributed by atoms with van der Waals surface area (Å²) in [5, 5.41) is 13.4. The Hall–Kier alpha value is -1.89. The molecule has 0 saturated heterocycles. The van der Waals surface area contributed by atoms with Gasteiger partial charge in [0.25, 0.3) is 0 Å². The Bertz CT molecular complexity index is 569. The first-order valence-corrected chi connectivity index (χ1v) is 6.45. The van der Waals surface area contributed by atoms with Crippen LogP contribution in [0.1, 0.15) is 19.8 Å². The third-order valence-corrected chi connectivity index (χ3v) is 2.67. The van der Waals surface area contributed by atoms with Crippen molar-refractivity contribution in [3.63, 3.8) is 0 Å². The average molecular weight is 283 g/mol.